The maximum Gasteiger partial charge on any atom is 0.153 e. The topological polar surface area (TPSA) is 38.7 Å². The minimum absolute atomic E-state index is 0.453. The van der Waals surface area contributed by atoms with Crippen molar-refractivity contribution in [2.75, 3.05) is 7.11 Å². The van der Waals surface area contributed by atoms with E-state index in [1.165, 1.54) is 7.11 Å². The average molecular weight is 193 g/mol. The van der Waals surface area contributed by atoms with Gasteiger partial charge in [-0.05, 0) is 30.4 Å². The minimum atomic E-state index is 0.453. The van der Waals surface area contributed by atoms with Gasteiger partial charge in [0.05, 0.1) is 23.5 Å². The first-order valence-electron chi connectivity index (χ1n) is 3.53. The van der Waals surface area contributed by atoms with E-state index in [-0.39, 0.29) is 0 Å². The third kappa shape index (κ3) is 2.21. The number of carbonyl (C=O) groups is 1. The first-order valence-corrected chi connectivity index (χ1v) is 3.93. The summed E-state index contributed by atoms with van der Waals surface area (Å²) in [7, 11) is 1.50. The van der Waals surface area contributed by atoms with Gasteiger partial charge in [-0.2, -0.15) is 4.99 Å². The summed E-state index contributed by atoms with van der Waals surface area (Å²) in [6.07, 6.45) is 0.710. The van der Waals surface area contributed by atoms with Gasteiger partial charge in [0.15, 0.2) is 6.29 Å². The first kappa shape index (κ1) is 9.58. The highest BCUT2D eigenvalue weighted by molar-refractivity contribution is 7.78. The van der Waals surface area contributed by atoms with Gasteiger partial charge in [0, 0.05) is 0 Å². The van der Waals surface area contributed by atoms with Crippen LogP contribution in [-0.4, -0.2) is 18.6 Å². The van der Waals surface area contributed by atoms with E-state index in [0.29, 0.717) is 23.3 Å². The highest BCUT2D eigenvalue weighted by Gasteiger charge is 2.01. The normalized spacial score (nSPS) is 8.69. The van der Waals surface area contributed by atoms with Crippen LogP contribution in [0.2, 0.25) is 0 Å². The van der Waals surface area contributed by atoms with E-state index in [9.17, 15) is 4.79 Å². The number of methoxy groups -OCH3 is 1. The van der Waals surface area contributed by atoms with E-state index in [2.05, 4.69) is 22.4 Å². The van der Waals surface area contributed by atoms with Crippen LogP contribution in [0, 0.1) is 0 Å². The van der Waals surface area contributed by atoms with E-state index in [4.69, 9.17) is 4.74 Å². The summed E-state index contributed by atoms with van der Waals surface area (Å²) in [4.78, 5) is 14.3. The summed E-state index contributed by atoms with van der Waals surface area (Å²) in [6, 6.07) is 4.95. The summed E-state index contributed by atoms with van der Waals surface area (Å²) in [6.45, 7) is 0. The Hall–Kier alpha value is -1.51. The maximum absolute atomic E-state index is 10.6. The molecule has 13 heavy (non-hydrogen) atoms. The summed E-state index contributed by atoms with van der Waals surface area (Å²) in [5.74, 6) is 0.526. The summed E-state index contributed by atoms with van der Waals surface area (Å²) in [5, 5.41) is 2.22. The zero-order chi connectivity index (χ0) is 9.68. The molecule has 1 aromatic rings. The summed E-state index contributed by atoms with van der Waals surface area (Å²) < 4.78 is 4.95. The van der Waals surface area contributed by atoms with Crippen molar-refractivity contribution in [3.63, 3.8) is 0 Å². The molecule has 4 heteroatoms. The Morgan fingerprint density at radius 1 is 1.62 bits per heavy atom. The fourth-order valence-corrected chi connectivity index (χ4v) is 1.04. The lowest BCUT2D eigenvalue weighted by molar-refractivity contribution is 0.112. The molecule has 0 aromatic heterocycles. The molecule has 0 unspecified atom stereocenters. The average Bonchev–Trinajstić information content (AvgIpc) is 2.18. The fraction of sp³-hybridized carbons (Fsp3) is 0.111. The summed E-state index contributed by atoms with van der Waals surface area (Å²) in [5.41, 5.74) is 1.05. The second-order valence-corrected chi connectivity index (χ2v) is 2.43. The molecule has 0 radical (unpaired) electrons. The smallest absolute Gasteiger partial charge is 0.153 e. The van der Waals surface area contributed by atoms with Crippen molar-refractivity contribution >= 4 is 29.4 Å². The summed E-state index contributed by atoms with van der Waals surface area (Å²) >= 11 is 4.44. The lowest BCUT2D eigenvalue weighted by atomic mass is 10.2. The predicted molar refractivity (Wildman–Crippen MR) is 53.1 cm³/mol. The molecule has 3 nitrogen and oxygen atoms in total. The van der Waals surface area contributed by atoms with E-state index >= 15 is 0 Å². The Bertz CT molecular complexity index is 370. The van der Waals surface area contributed by atoms with E-state index in [1.807, 2.05) is 0 Å². The van der Waals surface area contributed by atoms with Crippen LogP contribution in [0.5, 0.6) is 5.75 Å². The molecular formula is C9H7NO2S. The molecule has 0 aliphatic carbocycles. The standard InChI is InChI=1S/C9H7NO2S/c1-12-9-3-2-8(10-6-13)4-7(9)5-11/h2-5H,1H3. The van der Waals surface area contributed by atoms with Crippen LogP contribution >= 0.6 is 12.2 Å². The van der Waals surface area contributed by atoms with Crippen LogP contribution in [-0.2, 0) is 0 Å². The lowest BCUT2D eigenvalue weighted by Crippen LogP contribution is -1.88. The number of rotatable bonds is 3. The number of carbonyl (C=O) groups excluding carboxylic acids is 1. The van der Waals surface area contributed by atoms with Gasteiger partial charge >= 0.3 is 0 Å². The molecule has 0 fully saturated rings. The van der Waals surface area contributed by atoms with Crippen molar-refractivity contribution in [2.45, 2.75) is 0 Å². The monoisotopic (exact) mass is 193 g/mol. The zero-order valence-electron chi connectivity index (χ0n) is 6.98. The van der Waals surface area contributed by atoms with Gasteiger partial charge < -0.3 is 4.74 Å². The molecule has 0 aliphatic heterocycles. The number of hydrogen-bond acceptors (Lipinski definition) is 4. The van der Waals surface area contributed by atoms with E-state index in [0.717, 1.165) is 0 Å². The van der Waals surface area contributed by atoms with Crippen LogP contribution in [0.1, 0.15) is 10.4 Å². The Balaban J connectivity index is 3.19. The molecule has 0 aliphatic rings. The number of benzene rings is 1. The number of thiocarbonyl (C=S) groups is 1. The van der Waals surface area contributed by atoms with Crippen LogP contribution in [0.25, 0.3) is 0 Å². The molecule has 0 atom stereocenters. The first-order chi connectivity index (χ1) is 6.31. The third-order valence-corrected chi connectivity index (χ3v) is 1.61. The third-order valence-electron chi connectivity index (χ3n) is 1.51. The Morgan fingerprint density at radius 3 is 2.92 bits per heavy atom. The molecule has 0 spiro atoms. The molecule has 0 amide bonds. The maximum atomic E-state index is 10.6. The highest BCUT2D eigenvalue weighted by atomic mass is 32.1. The van der Waals surface area contributed by atoms with Crippen molar-refractivity contribution in [2.24, 2.45) is 4.99 Å². The van der Waals surface area contributed by atoms with E-state index in [1.54, 1.807) is 18.2 Å². The van der Waals surface area contributed by atoms with Crippen molar-refractivity contribution in [1.82, 2.24) is 0 Å². The fourth-order valence-electron chi connectivity index (χ4n) is 0.936. The number of isothiocyanates is 1. The van der Waals surface area contributed by atoms with Crippen LogP contribution < -0.4 is 4.74 Å². The van der Waals surface area contributed by atoms with Crippen molar-refractivity contribution < 1.29 is 9.53 Å². The second kappa shape index (κ2) is 4.50. The molecule has 0 saturated heterocycles. The molecule has 1 aromatic carbocycles. The number of nitrogens with zero attached hydrogens (tertiary/aromatic N) is 1. The number of aliphatic imine (C=N–C) groups is 1. The van der Waals surface area contributed by atoms with Crippen LogP contribution in [0.3, 0.4) is 0 Å². The molecule has 66 valence electrons. The van der Waals surface area contributed by atoms with Gasteiger partial charge in [-0.1, -0.05) is 0 Å². The van der Waals surface area contributed by atoms with Gasteiger partial charge in [-0.15, -0.1) is 0 Å². The number of aldehydes is 1. The molecule has 0 N–H and O–H groups in total. The molecule has 0 saturated carbocycles. The quantitative estimate of drug-likeness (QED) is 0.420. The Morgan fingerprint density at radius 2 is 2.38 bits per heavy atom. The Kier molecular flexibility index (Phi) is 3.31. The van der Waals surface area contributed by atoms with Gasteiger partial charge in [-0.3, -0.25) is 4.79 Å². The zero-order valence-corrected chi connectivity index (χ0v) is 7.80. The largest absolute Gasteiger partial charge is 0.496 e. The van der Waals surface area contributed by atoms with E-state index < -0.39 is 0 Å². The molecule has 0 bridgehead atoms. The molecule has 1 rings (SSSR count). The van der Waals surface area contributed by atoms with Crippen LogP contribution in [0.4, 0.5) is 5.69 Å². The van der Waals surface area contributed by atoms with Gasteiger partial charge in [0.2, 0.25) is 0 Å². The van der Waals surface area contributed by atoms with Gasteiger partial charge in [0.1, 0.15) is 5.75 Å². The lowest BCUT2D eigenvalue weighted by Gasteiger charge is -2.02. The SMILES string of the molecule is COc1ccc(N=C=S)cc1C=O. The van der Waals surface area contributed by atoms with Crippen molar-refractivity contribution in [3.05, 3.63) is 23.8 Å². The van der Waals surface area contributed by atoms with Crippen molar-refractivity contribution in [3.8, 4) is 5.75 Å². The minimum Gasteiger partial charge on any atom is -0.496 e. The second-order valence-electron chi connectivity index (χ2n) is 2.25. The Labute approximate surface area is 81.1 Å². The van der Waals surface area contributed by atoms with Crippen LogP contribution in [0.15, 0.2) is 23.2 Å². The number of ether oxygens (including phenoxy) is 1. The highest BCUT2D eigenvalue weighted by Crippen LogP contribution is 2.22. The number of hydrogen-bond donors (Lipinski definition) is 0. The van der Waals surface area contributed by atoms with Gasteiger partial charge in [-0.25, -0.2) is 0 Å². The van der Waals surface area contributed by atoms with Crippen molar-refractivity contribution in [1.29, 1.82) is 0 Å². The molecular weight excluding hydrogens is 186 g/mol. The van der Waals surface area contributed by atoms with Gasteiger partial charge in [0.25, 0.3) is 0 Å². The molecule has 0 heterocycles. The predicted octanol–water partition coefficient (Wildman–Crippen LogP) is 2.24.